The van der Waals surface area contributed by atoms with E-state index in [1.807, 2.05) is 0 Å². The summed E-state index contributed by atoms with van der Waals surface area (Å²) in [6.07, 6.45) is 6.66. The van der Waals surface area contributed by atoms with E-state index < -0.39 is 0 Å². The lowest BCUT2D eigenvalue weighted by Gasteiger charge is -2.19. The van der Waals surface area contributed by atoms with Crippen LogP contribution in [0.5, 0.6) is 0 Å². The Bertz CT molecular complexity index is 2300. The van der Waals surface area contributed by atoms with Crippen LogP contribution in [0, 0.1) is 0 Å². The minimum atomic E-state index is 0.952. The van der Waals surface area contributed by atoms with Gasteiger partial charge in [0.15, 0.2) is 0 Å². The van der Waals surface area contributed by atoms with Gasteiger partial charge in [0.2, 0.25) is 0 Å². The Labute approximate surface area is 238 Å². The van der Waals surface area contributed by atoms with E-state index in [2.05, 4.69) is 133 Å². The molecule has 7 aromatic carbocycles. The maximum atomic E-state index is 6.38. The molecule has 0 spiro atoms. The van der Waals surface area contributed by atoms with E-state index in [1.54, 1.807) is 0 Å². The second-order valence-electron chi connectivity index (χ2n) is 11.1. The molecule has 41 heavy (non-hydrogen) atoms. The third kappa shape index (κ3) is 3.30. The molecule has 1 aliphatic carbocycles. The third-order valence-electron chi connectivity index (χ3n) is 8.92. The van der Waals surface area contributed by atoms with Crippen molar-refractivity contribution in [2.75, 3.05) is 0 Å². The predicted molar refractivity (Wildman–Crippen MR) is 174 cm³/mol. The van der Waals surface area contributed by atoms with E-state index in [0.29, 0.717) is 0 Å². The zero-order valence-electron chi connectivity index (χ0n) is 22.5. The van der Waals surface area contributed by atoms with Crippen molar-refractivity contribution in [2.45, 2.75) is 12.8 Å². The van der Waals surface area contributed by atoms with Crippen molar-refractivity contribution < 1.29 is 4.42 Å². The molecule has 192 valence electrons. The van der Waals surface area contributed by atoms with Crippen molar-refractivity contribution >= 4 is 60.3 Å². The first-order valence-corrected chi connectivity index (χ1v) is 14.4. The lowest BCUT2D eigenvalue weighted by Crippen LogP contribution is -1.94. The van der Waals surface area contributed by atoms with Gasteiger partial charge in [-0.05, 0) is 96.7 Å². The van der Waals surface area contributed by atoms with Crippen molar-refractivity contribution in [3.63, 3.8) is 0 Å². The second-order valence-corrected chi connectivity index (χ2v) is 11.1. The van der Waals surface area contributed by atoms with Crippen molar-refractivity contribution in [2.24, 2.45) is 0 Å². The van der Waals surface area contributed by atoms with Crippen LogP contribution in [0.25, 0.3) is 82.6 Å². The molecule has 1 heteroatoms. The molecule has 0 unspecified atom stereocenters. The molecule has 9 rings (SSSR count). The van der Waals surface area contributed by atoms with Crippen LogP contribution < -0.4 is 0 Å². The summed E-state index contributed by atoms with van der Waals surface area (Å²) in [6.45, 7) is 0. The summed E-state index contributed by atoms with van der Waals surface area (Å²) < 4.78 is 6.38. The summed E-state index contributed by atoms with van der Waals surface area (Å²) in [7, 11) is 0. The minimum absolute atomic E-state index is 0.952. The van der Waals surface area contributed by atoms with Crippen LogP contribution in [0.15, 0.2) is 132 Å². The van der Waals surface area contributed by atoms with Gasteiger partial charge in [-0.1, -0.05) is 115 Å². The van der Waals surface area contributed by atoms with Crippen molar-refractivity contribution in [1.82, 2.24) is 0 Å². The minimum Gasteiger partial charge on any atom is -0.456 e. The van der Waals surface area contributed by atoms with Crippen LogP contribution in [-0.2, 0) is 6.42 Å². The van der Waals surface area contributed by atoms with Gasteiger partial charge in [0.05, 0.1) is 0 Å². The highest BCUT2D eigenvalue weighted by atomic mass is 16.3. The highest BCUT2D eigenvalue weighted by Gasteiger charge is 2.20. The van der Waals surface area contributed by atoms with Crippen LogP contribution in [0.2, 0.25) is 0 Å². The fraction of sp³-hybridized carbons (Fsp3) is 0.0500. The lowest BCUT2D eigenvalue weighted by molar-refractivity contribution is 0.668. The molecular formula is C40H26O. The van der Waals surface area contributed by atoms with Crippen LogP contribution in [0.4, 0.5) is 0 Å². The van der Waals surface area contributed by atoms with Crippen LogP contribution in [0.3, 0.4) is 0 Å². The first-order chi connectivity index (χ1) is 20.3. The number of rotatable bonds is 2. The standard InChI is InChI=1S/C40H26O/c1-3-13-28-25(10-1)12-9-19-30(28)39-33-17-7-5-15-31(33)38(32-16-6-8-18-34(32)39)27-21-22-36-35(24-27)40-29-14-4-2-11-26(29)20-23-37(40)41-36/h1-3,5-13,15-24H,4,14H2. The zero-order valence-corrected chi connectivity index (χ0v) is 22.5. The van der Waals surface area contributed by atoms with E-state index in [-0.39, 0.29) is 0 Å². The van der Waals surface area contributed by atoms with Crippen molar-refractivity contribution in [1.29, 1.82) is 0 Å². The number of aryl methyl sites for hydroxylation is 1. The molecule has 0 fully saturated rings. The summed E-state index contributed by atoms with van der Waals surface area (Å²) in [5.41, 5.74) is 9.72. The number of hydrogen-bond acceptors (Lipinski definition) is 1. The maximum Gasteiger partial charge on any atom is 0.135 e. The highest BCUT2D eigenvalue weighted by Crippen LogP contribution is 2.46. The monoisotopic (exact) mass is 522 g/mol. The summed E-state index contributed by atoms with van der Waals surface area (Å²) in [6, 6.07) is 44.3. The molecule has 1 aliphatic rings. The molecule has 0 aliphatic heterocycles. The Balaban J connectivity index is 1.40. The quantitative estimate of drug-likeness (QED) is 0.206. The number of fused-ring (bicyclic) bond motifs is 8. The van der Waals surface area contributed by atoms with Crippen molar-refractivity contribution in [3.8, 4) is 22.3 Å². The lowest BCUT2D eigenvalue weighted by atomic mass is 9.84. The molecule has 0 atom stereocenters. The average Bonchev–Trinajstić information content (AvgIpc) is 3.42. The summed E-state index contributed by atoms with van der Waals surface area (Å²) in [5, 5.41) is 10.1. The normalized spacial score (nSPS) is 13.1. The van der Waals surface area contributed by atoms with Gasteiger partial charge in [-0.25, -0.2) is 0 Å². The maximum absolute atomic E-state index is 6.38. The molecule has 1 aromatic heterocycles. The first kappa shape index (κ1) is 22.7. The molecule has 0 bridgehead atoms. The van der Waals surface area contributed by atoms with E-state index in [9.17, 15) is 0 Å². The smallest absolute Gasteiger partial charge is 0.135 e. The zero-order chi connectivity index (χ0) is 26.9. The van der Waals surface area contributed by atoms with Crippen molar-refractivity contribution in [3.05, 3.63) is 139 Å². The fourth-order valence-electron chi connectivity index (χ4n) is 7.15. The van der Waals surface area contributed by atoms with Gasteiger partial charge in [-0.3, -0.25) is 0 Å². The predicted octanol–water partition coefficient (Wildman–Crippen LogP) is 11.3. The Morgan fingerprint density at radius 1 is 0.512 bits per heavy atom. The van der Waals surface area contributed by atoms with Gasteiger partial charge in [-0.2, -0.15) is 0 Å². The molecule has 0 saturated heterocycles. The summed E-state index contributed by atoms with van der Waals surface area (Å²) >= 11 is 0. The van der Waals surface area contributed by atoms with Crippen LogP contribution >= 0.6 is 0 Å². The van der Waals surface area contributed by atoms with E-state index in [4.69, 9.17) is 4.42 Å². The molecular weight excluding hydrogens is 496 g/mol. The van der Waals surface area contributed by atoms with Gasteiger partial charge in [0, 0.05) is 10.8 Å². The fourth-order valence-corrected chi connectivity index (χ4v) is 7.15. The summed E-state index contributed by atoms with van der Waals surface area (Å²) in [4.78, 5) is 0. The number of allylic oxidation sites excluding steroid dienone is 1. The number of furan rings is 1. The van der Waals surface area contributed by atoms with Gasteiger partial charge in [-0.15, -0.1) is 0 Å². The average molecular weight is 523 g/mol. The number of hydrogen-bond donors (Lipinski definition) is 0. The Hall–Kier alpha value is -5.14. The molecule has 0 saturated carbocycles. The Kier molecular flexibility index (Phi) is 4.80. The van der Waals surface area contributed by atoms with E-state index in [0.717, 1.165) is 24.0 Å². The Morgan fingerprint density at radius 3 is 1.95 bits per heavy atom. The van der Waals surface area contributed by atoms with Crippen LogP contribution in [-0.4, -0.2) is 0 Å². The first-order valence-electron chi connectivity index (χ1n) is 14.4. The van der Waals surface area contributed by atoms with Gasteiger partial charge in [0.1, 0.15) is 11.2 Å². The molecule has 0 amide bonds. The largest absolute Gasteiger partial charge is 0.456 e. The molecule has 1 nitrogen and oxygen atoms in total. The SMILES string of the molecule is C1=Cc2ccc3oc4ccc(-c5c6ccccc6c(-c6cccc7ccccc67)c6ccccc56)cc4c3c2CC1. The topological polar surface area (TPSA) is 13.1 Å². The number of benzene rings is 7. The molecule has 8 aromatic rings. The van der Waals surface area contributed by atoms with Crippen LogP contribution in [0.1, 0.15) is 17.5 Å². The molecule has 0 radical (unpaired) electrons. The Morgan fingerprint density at radius 2 is 1.17 bits per heavy atom. The van der Waals surface area contributed by atoms with Gasteiger partial charge in [0.25, 0.3) is 0 Å². The van der Waals surface area contributed by atoms with Gasteiger partial charge < -0.3 is 4.42 Å². The van der Waals surface area contributed by atoms with Gasteiger partial charge >= 0.3 is 0 Å². The summed E-state index contributed by atoms with van der Waals surface area (Å²) in [5.74, 6) is 0. The molecule has 0 N–H and O–H groups in total. The third-order valence-corrected chi connectivity index (χ3v) is 8.92. The molecule has 1 heterocycles. The van der Waals surface area contributed by atoms with E-state index in [1.165, 1.54) is 76.5 Å². The second kappa shape index (κ2) is 8.68. The highest BCUT2D eigenvalue weighted by molar-refractivity contribution is 6.24. The van der Waals surface area contributed by atoms with E-state index >= 15 is 0 Å².